The van der Waals surface area contributed by atoms with Crippen LogP contribution < -0.4 is 16.0 Å². The molecular formula is C14H19N3O4. The minimum Gasteiger partial charge on any atom is -0.478 e. The van der Waals surface area contributed by atoms with Gasteiger partial charge in [0.25, 0.3) is 0 Å². The summed E-state index contributed by atoms with van der Waals surface area (Å²) in [5.74, 6) is -1.66. The van der Waals surface area contributed by atoms with Crippen LogP contribution >= 0.6 is 0 Å². The summed E-state index contributed by atoms with van der Waals surface area (Å²) >= 11 is 0. The fourth-order valence-electron chi connectivity index (χ4n) is 1.91. The van der Waals surface area contributed by atoms with Crippen molar-refractivity contribution in [2.75, 3.05) is 11.9 Å². The quantitative estimate of drug-likeness (QED) is 0.756. The van der Waals surface area contributed by atoms with Gasteiger partial charge in [-0.15, -0.1) is 0 Å². The molecule has 0 spiro atoms. The number of nitrogens with two attached hydrogens (primary N) is 1. The standard InChI is InChI=1S/C14H19N3O4/c1-14(2,8-11(15)18)16-13(21)17(3)10-7-5-4-6-9(10)12(19)20/h4-7H,8H2,1-3H3,(H2,15,18)(H,16,21)(H,19,20). The molecule has 0 aliphatic rings. The number of carbonyl (C=O) groups is 3. The lowest BCUT2D eigenvalue weighted by Gasteiger charge is -2.28. The van der Waals surface area contributed by atoms with Crippen LogP contribution in [0, 0.1) is 0 Å². The number of hydrogen-bond donors (Lipinski definition) is 3. The van der Waals surface area contributed by atoms with Crippen LogP contribution in [-0.4, -0.2) is 35.6 Å². The van der Waals surface area contributed by atoms with Gasteiger partial charge in [0.15, 0.2) is 0 Å². The molecule has 0 aliphatic carbocycles. The Morgan fingerprint density at radius 2 is 1.86 bits per heavy atom. The lowest BCUT2D eigenvalue weighted by atomic mass is 10.0. The van der Waals surface area contributed by atoms with E-state index in [9.17, 15) is 14.4 Å². The molecule has 0 unspecified atom stereocenters. The third-order valence-electron chi connectivity index (χ3n) is 2.86. The van der Waals surface area contributed by atoms with E-state index in [2.05, 4.69) is 5.32 Å². The van der Waals surface area contributed by atoms with Crippen LogP contribution in [-0.2, 0) is 4.79 Å². The summed E-state index contributed by atoms with van der Waals surface area (Å²) in [7, 11) is 1.46. The van der Waals surface area contributed by atoms with Crippen molar-refractivity contribution >= 4 is 23.6 Å². The van der Waals surface area contributed by atoms with Crippen LogP contribution in [0.15, 0.2) is 24.3 Å². The monoisotopic (exact) mass is 293 g/mol. The van der Waals surface area contributed by atoms with Crippen molar-refractivity contribution in [3.8, 4) is 0 Å². The third-order valence-corrected chi connectivity index (χ3v) is 2.86. The topological polar surface area (TPSA) is 113 Å². The Kier molecular flexibility index (Phi) is 4.91. The number of primary amides is 1. The lowest BCUT2D eigenvalue weighted by Crippen LogP contribution is -2.51. The minimum absolute atomic E-state index is 0.0165. The van der Waals surface area contributed by atoms with Gasteiger partial charge in [-0.2, -0.15) is 0 Å². The first-order chi connectivity index (χ1) is 9.64. The SMILES string of the molecule is CN(C(=O)NC(C)(C)CC(N)=O)c1ccccc1C(=O)O. The fourth-order valence-corrected chi connectivity index (χ4v) is 1.91. The summed E-state index contributed by atoms with van der Waals surface area (Å²) in [4.78, 5) is 35.5. The van der Waals surface area contributed by atoms with Gasteiger partial charge in [0.1, 0.15) is 0 Å². The van der Waals surface area contributed by atoms with Gasteiger partial charge < -0.3 is 16.2 Å². The Hall–Kier alpha value is -2.57. The zero-order valence-corrected chi connectivity index (χ0v) is 12.2. The molecule has 0 aliphatic heterocycles. The first kappa shape index (κ1) is 16.5. The first-order valence-corrected chi connectivity index (χ1v) is 6.30. The van der Waals surface area contributed by atoms with Crippen molar-refractivity contribution in [2.24, 2.45) is 5.73 Å². The van der Waals surface area contributed by atoms with E-state index in [0.29, 0.717) is 0 Å². The second-order valence-corrected chi connectivity index (χ2v) is 5.34. The van der Waals surface area contributed by atoms with Crippen molar-refractivity contribution in [3.63, 3.8) is 0 Å². The predicted molar refractivity (Wildman–Crippen MR) is 78.2 cm³/mol. The Morgan fingerprint density at radius 1 is 1.29 bits per heavy atom. The highest BCUT2D eigenvalue weighted by Crippen LogP contribution is 2.20. The van der Waals surface area contributed by atoms with Gasteiger partial charge >= 0.3 is 12.0 Å². The van der Waals surface area contributed by atoms with Crippen LogP contribution in [0.5, 0.6) is 0 Å². The number of carboxylic acids is 1. The van der Waals surface area contributed by atoms with Crippen LogP contribution in [0.4, 0.5) is 10.5 Å². The van der Waals surface area contributed by atoms with Crippen molar-refractivity contribution in [3.05, 3.63) is 29.8 Å². The number of amides is 3. The van der Waals surface area contributed by atoms with Crippen molar-refractivity contribution in [1.82, 2.24) is 5.32 Å². The molecule has 1 rings (SSSR count). The van der Waals surface area contributed by atoms with Crippen LogP contribution in [0.25, 0.3) is 0 Å². The van der Waals surface area contributed by atoms with Crippen molar-refractivity contribution in [2.45, 2.75) is 25.8 Å². The summed E-state index contributed by atoms with van der Waals surface area (Å²) in [6.07, 6.45) is -0.0207. The van der Waals surface area contributed by atoms with Crippen molar-refractivity contribution < 1.29 is 19.5 Å². The Labute approximate surface area is 122 Å². The molecule has 3 amide bonds. The first-order valence-electron chi connectivity index (χ1n) is 6.30. The molecule has 0 atom stereocenters. The van der Waals surface area contributed by atoms with Crippen LogP contribution in [0.1, 0.15) is 30.6 Å². The average molecular weight is 293 g/mol. The number of nitrogens with zero attached hydrogens (tertiary/aromatic N) is 1. The molecule has 0 heterocycles. The largest absolute Gasteiger partial charge is 0.478 e. The number of aromatic carboxylic acids is 1. The lowest BCUT2D eigenvalue weighted by molar-refractivity contribution is -0.119. The molecule has 0 aromatic heterocycles. The third kappa shape index (κ3) is 4.48. The van der Waals surface area contributed by atoms with Gasteiger partial charge in [-0.05, 0) is 26.0 Å². The maximum atomic E-state index is 12.2. The van der Waals surface area contributed by atoms with Gasteiger partial charge in [0.05, 0.1) is 11.3 Å². The highest BCUT2D eigenvalue weighted by atomic mass is 16.4. The number of hydrogen-bond acceptors (Lipinski definition) is 3. The van der Waals surface area contributed by atoms with Crippen molar-refractivity contribution in [1.29, 1.82) is 0 Å². The number of para-hydroxylation sites is 1. The molecule has 21 heavy (non-hydrogen) atoms. The molecule has 1 aromatic rings. The second kappa shape index (κ2) is 6.25. The zero-order valence-electron chi connectivity index (χ0n) is 12.2. The van der Waals surface area contributed by atoms with Crippen LogP contribution in [0.3, 0.4) is 0 Å². The summed E-state index contributed by atoms with van der Waals surface area (Å²) < 4.78 is 0. The Morgan fingerprint density at radius 3 is 2.38 bits per heavy atom. The number of benzene rings is 1. The van der Waals surface area contributed by atoms with Gasteiger partial charge in [-0.25, -0.2) is 9.59 Å². The summed E-state index contributed by atoms with van der Waals surface area (Å²) in [6.45, 7) is 3.32. The van der Waals surface area contributed by atoms with E-state index in [4.69, 9.17) is 10.8 Å². The maximum Gasteiger partial charge on any atom is 0.337 e. The maximum absolute atomic E-state index is 12.2. The van der Waals surface area contributed by atoms with E-state index in [1.54, 1.807) is 26.0 Å². The molecule has 0 radical (unpaired) electrons. The fraction of sp³-hybridized carbons (Fsp3) is 0.357. The number of carboxylic acid groups (broad SMARTS) is 1. The average Bonchev–Trinajstić information content (AvgIpc) is 2.35. The van der Waals surface area contributed by atoms with E-state index in [-0.39, 0.29) is 17.7 Å². The molecule has 1 aromatic carbocycles. The number of nitrogens with one attached hydrogen (secondary N) is 1. The highest BCUT2D eigenvalue weighted by Gasteiger charge is 2.26. The normalized spacial score (nSPS) is 10.8. The van der Waals surface area contributed by atoms with Crippen LogP contribution in [0.2, 0.25) is 0 Å². The van der Waals surface area contributed by atoms with E-state index in [1.165, 1.54) is 24.1 Å². The molecule has 0 saturated carbocycles. The van der Waals surface area contributed by atoms with Gasteiger partial charge in [0, 0.05) is 19.0 Å². The zero-order chi connectivity index (χ0) is 16.2. The molecule has 4 N–H and O–H groups in total. The Bertz CT molecular complexity index is 569. The van der Waals surface area contributed by atoms with Gasteiger partial charge in [-0.1, -0.05) is 12.1 Å². The smallest absolute Gasteiger partial charge is 0.337 e. The van der Waals surface area contributed by atoms with Gasteiger partial charge in [0.2, 0.25) is 5.91 Å². The Balaban J connectivity index is 2.94. The number of urea groups is 1. The van der Waals surface area contributed by atoms with Gasteiger partial charge in [-0.3, -0.25) is 9.69 Å². The molecular weight excluding hydrogens is 274 g/mol. The number of rotatable bonds is 5. The summed E-state index contributed by atoms with van der Waals surface area (Å²) in [6, 6.07) is 5.64. The van der Waals surface area contributed by atoms with E-state index in [1.807, 2.05) is 0 Å². The van der Waals surface area contributed by atoms with E-state index >= 15 is 0 Å². The summed E-state index contributed by atoms with van der Waals surface area (Å²) in [5, 5.41) is 11.8. The number of carbonyl (C=O) groups excluding carboxylic acids is 2. The molecule has 114 valence electrons. The molecule has 7 nitrogen and oxygen atoms in total. The second-order valence-electron chi connectivity index (χ2n) is 5.34. The predicted octanol–water partition coefficient (Wildman–Crippen LogP) is 1.18. The van der Waals surface area contributed by atoms with E-state index < -0.39 is 23.4 Å². The van der Waals surface area contributed by atoms with E-state index in [0.717, 1.165) is 0 Å². The number of anilines is 1. The molecule has 0 bridgehead atoms. The molecule has 0 saturated heterocycles. The summed E-state index contributed by atoms with van der Waals surface area (Å²) in [5.41, 5.74) is 4.58. The highest BCUT2D eigenvalue weighted by molar-refractivity contribution is 6.01. The molecule has 0 fully saturated rings. The minimum atomic E-state index is -1.12. The molecule has 7 heteroatoms.